The standard InChI is InChI=1S/C7H9NS.V/c1-9(8)7-5-3-2-4-6-7;/h2-6H,1,8H2;. The van der Waals surface area contributed by atoms with Gasteiger partial charge in [-0.2, -0.15) is 0 Å². The van der Waals surface area contributed by atoms with Crippen LogP contribution in [-0.2, 0) is 15.7 Å². The summed E-state index contributed by atoms with van der Waals surface area (Å²) in [5.41, 5.74) is 0. The van der Waals surface area contributed by atoms with Crippen LogP contribution < -0.4 is 5.14 Å². The number of benzene rings is 1. The van der Waals surface area contributed by atoms with Crippen LogP contribution in [0.3, 0.4) is 0 Å². The van der Waals surface area contributed by atoms with E-state index in [-0.39, 0.29) is 0 Å². The molecule has 0 heterocycles. The molecule has 1 unspecified atom stereocenters. The molecule has 0 bridgehead atoms. The van der Waals surface area contributed by atoms with Crippen molar-refractivity contribution < 1.29 is 15.7 Å². The van der Waals surface area contributed by atoms with Crippen LogP contribution in [0.1, 0.15) is 0 Å². The molecule has 1 nitrogen and oxygen atoms in total. The molecule has 10 heavy (non-hydrogen) atoms. The van der Waals surface area contributed by atoms with Crippen LogP contribution in [0.15, 0.2) is 35.2 Å². The molecule has 1 aromatic rings. The molecular formula is C7H9NSV. The van der Waals surface area contributed by atoms with E-state index in [2.05, 4.69) is 21.6 Å². The van der Waals surface area contributed by atoms with Crippen molar-refractivity contribution in [3.63, 3.8) is 0 Å². The van der Waals surface area contributed by atoms with E-state index >= 15 is 0 Å². The Morgan fingerprint density at radius 2 is 1.80 bits per heavy atom. The fraction of sp³-hybridized carbons (Fsp3) is 0. The average molecular weight is 190 g/mol. The maximum absolute atomic E-state index is 5.80. The second-order valence-corrected chi connectivity index (χ2v) is 7.10. The number of hydrogen-bond acceptors (Lipinski definition) is 1. The van der Waals surface area contributed by atoms with E-state index in [9.17, 15) is 0 Å². The molecule has 0 aromatic heterocycles. The van der Waals surface area contributed by atoms with E-state index < -0.39 is 7.46 Å². The normalized spacial score (nSPS) is 16.0. The van der Waals surface area contributed by atoms with Gasteiger partial charge in [-0.05, 0) is 0 Å². The van der Waals surface area contributed by atoms with Crippen molar-refractivity contribution in [2.45, 2.75) is 4.90 Å². The van der Waals surface area contributed by atoms with E-state index in [1.54, 1.807) is 0 Å². The summed E-state index contributed by atoms with van der Waals surface area (Å²) in [4.78, 5) is 1.12. The third-order valence-corrected chi connectivity index (χ3v) is 3.23. The van der Waals surface area contributed by atoms with Crippen LogP contribution >= 0.6 is 7.46 Å². The zero-order chi connectivity index (χ0) is 7.61. The minimum atomic E-state index is -1.32. The molecular weight excluding hydrogens is 181 g/mol. The predicted molar refractivity (Wildman–Crippen MR) is 43.6 cm³/mol. The molecule has 0 amide bonds. The molecule has 0 aliphatic rings. The van der Waals surface area contributed by atoms with Gasteiger partial charge in [0.1, 0.15) is 0 Å². The summed E-state index contributed by atoms with van der Waals surface area (Å²) in [6.45, 7) is 0. The molecule has 1 rings (SSSR count). The molecule has 0 radical (unpaired) electrons. The van der Waals surface area contributed by atoms with Gasteiger partial charge in [0.15, 0.2) is 0 Å². The summed E-state index contributed by atoms with van der Waals surface area (Å²) in [5, 5.41) is 5.80. The summed E-state index contributed by atoms with van der Waals surface area (Å²) < 4.78 is 0. The van der Waals surface area contributed by atoms with Gasteiger partial charge in [-0.15, -0.1) is 0 Å². The van der Waals surface area contributed by atoms with Gasteiger partial charge in [-0.1, -0.05) is 0 Å². The van der Waals surface area contributed by atoms with Crippen molar-refractivity contribution in [1.29, 1.82) is 0 Å². The number of nitrogens with two attached hydrogens (primary N) is 1. The van der Waals surface area contributed by atoms with Gasteiger partial charge >= 0.3 is 69.4 Å². The van der Waals surface area contributed by atoms with Crippen LogP contribution in [-0.4, -0.2) is 5.87 Å². The molecule has 0 spiro atoms. The Morgan fingerprint density at radius 3 is 2.10 bits per heavy atom. The summed E-state index contributed by atoms with van der Waals surface area (Å²) >= 11 is 2.43. The number of hydrogen-bond donors (Lipinski definition) is 1. The first-order valence-corrected chi connectivity index (χ1v) is 6.35. The van der Waals surface area contributed by atoms with E-state index in [4.69, 9.17) is 5.14 Å². The first kappa shape index (κ1) is 8.08. The van der Waals surface area contributed by atoms with E-state index in [0.29, 0.717) is 0 Å². The van der Waals surface area contributed by atoms with E-state index in [0.717, 1.165) is 4.90 Å². The van der Waals surface area contributed by atoms with Crippen LogP contribution in [0.2, 0.25) is 0 Å². The Morgan fingerprint density at radius 1 is 1.30 bits per heavy atom. The molecule has 2 N–H and O–H groups in total. The monoisotopic (exact) mass is 190 g/mol. The third-order valence-electron chi connectivity index (χ3n) is 1.15. The Bertz CT molecular complexity index is 302. The topological polar surface area (TPSA) is 26.0 Å². The van der Waals surface area contributed by atoms with Crippen LogP contribution in [0.4, 0.5) is 0 Å². The zero-order valence-electron chi connectivity index (χ0n) is 5.53. The average Bonchev–Trinajstić information content (AvgIpc) is 1.88. The SMILES string of the molecule is C=[S](N)(=[V])c1ccccc1. The number of rotatable bonds is 1. The van der Waals surface area contributed by atoms with E-state index in [1.165, 1.54) is 0 Å². The quantitative estimate of drug-likeness (QED) is 0.669. The molecule has 1 atom stereocenters. The van der Waals surface area contributed by atoms with Gasteiger partial charge in [-0.25, -0.2) is 0 Å². The molecule has 0 saturated heterocycles. The van der Waals surface area contributed by atoms with Gasteiger partial charge in [0.2, 0.25) is 0 Å². The van der Waals surface area contributed by atoms with Crippen molar-refractivity contribution in [2.24, 2.45) is 5.14 Å². The van der Waals surface area contributed by atoms with Gasteiger partial charge in [0.05, 0.1) is 0 Å². The second-order valence-electron chi connectivity index (χ2n) is 2.07. The molecule has 3 heteroatoms. The van der Waals surface area contributed by atoms with Gasteiger partial charge in [-0.3, -0.25) is 0 Å². The van der Waals surface area contributed by atoms with Crippen molar-refractivity contribution in [3.8, 4) is 0 Å². The predicted octanol–water partition coefficient (Wildman–Crippen LogP) is 1.62. The van der Waals surface area contributed by atoms with Gasteiger partial charge in [0, 0.05) is 0 Å². The Balaban J connectivity index is 3.22. The fourth-order valence-corrected chi connectivity index (χ4v) is 1.85. The summed E-state index contributed by atoms with van der Waals surface area (Å²) in [6.07, 6.45) is 0. The Labute approximate surface area is 69.5 Å². The first-order valence-electron chi connectivity index (χ1n) is 2.82. The second kappa shape index (κ2) is 2.93. The third kappa shape index (κ3) is 1.99. The van der Waals surface area contributed by atoms with E-state index in [1.807, 2.05) is 30.3 Å². The van der Waals surface area contributed by atoms with Gasteiger partial charge < -0.3 is 0 Å². The van der Waals surface area contributed by atoms with Crippen molar-refractivity contribution in [1.82, 2.24) is 0 Å². The van der Waals surface area contributed by atoms with Crippen molar-refractivity contribution >= 4 is 13.3 Å². The van der Waals surface area contributed by atoms with Crippen LogP contribution in [0, 0.1) is 0 Å². The Hall–Kier alpha value is -0.0156. The molecule has 0 aliphatic carbocycles. The fourth-order valence-electron chi connectivity index (χ4n) is 0.656. The summed E-state index contributed by atoms with van der Waals surface area (Å²) in [6, 6.07) is 9.92. The summed E-state index contributed by atoms with van der Waals surface area (Å²) in [5.74, 6) is 3.87. The molecule has 0 saturated carbocycles. The van der Waals surface area contributed by atoms with Gasteiger partial charge in [0.25, 0.3) is 0 Å². The van der Waals surface area contributed by atoms with Crippen molar-refractivity contribution in [3.05, 3.63) is 30.3 Å². The van der Waals surface area contributed by atoms with Crippen LogP contribution in [0.25, 0.3) is 0 Å². The molecule has 53 valence electrons. The maximum atomic E-state index is 5.80. The zero-order valence-corrected chi connectivity index (χ0v) is 7.74. The van der Waals surface area contributed by atoms with Crippen molar-refractivity contribution in [2.75, 3.05) is 0 Å². The summed E-state index contributed by atoms with van der Waals surface area (Å²) in [7, 11) is -1.32. The molecule has 1 aromatic carbocycles. The Kier molecular flexibility index (Phi) is 2.37. The minimum absolute atomic E-state index is 1.12. The first-order chi connectivity index (χ1) is 4.61. The molecule has 0 aliphatic heterocycles. The molecule has 0 fully saturated rings. The van der Waals surface area contributed by atoms with Crippen LogP contribution in [0.5, 0.6) is 0 Å².